The fraction of sp³-hybridized carbons (Fsp3) is 0.227. The van der Waals surface area contributed by atoms with E-state index in [-0.39, 0.29) is 5.91 Å². The van der Waals surface area contributed by atoms with Crippen LogP contribution in [0.15, 0.2) is 60.8 Å². The number of para-hydroxylation sites is 2. The van der Waals surface area contributed by atoms with Gasteiger partial charge in [0.2, 0.25) is 5.95 Å². The number of nitrogens with zero attached hydrogens (tertiary/aromatic N) is 3. The third-order valence-corrected chi connectivity index (χ3v) is 4.67. The standard InChI is InChI=1S/C22H23N5O2/c1-16-5-4-6-17(15-16)24-21(28)19-9-10-23-22(26-19)25-18-7-2-3-8-20(18)27-11-13-29-14-12-27/h2-10,15H,11-14H2,1H3,(H,24,28)(H,23,25,26). The number of carbonyl (C=O) groups is 1. The van der Waals surface area contributed by atoms with Crippen molar-refractivity contribution in [3.05, 3.63) is 72.1 Å². The fourth-order valence-electron chi connectivity index (χ4n) is 3.24. The molecule has 1 aliphatic heterocycles. The number of benzene rings is 2. The Morgan fingerprint density at radius 2 is 1.90 bits per heavy atom. The summed E-state index contributed by atoms with van der Waals surface area (Å²) in [6.45, 7) is 5.06. The Kier molecular flexibility index (Phi) is 5.67. The van der Waals surface area contributed by atoms with E-state index in [1.54, 1.807) is 12.3 Å². The molecule has 29 heavy (non-hydrogen) atoms. The molecule has 2 heterocycles. The largest absolute Gasteiger partial charge is 0.378 e. The summed E-state index contributed by atoms with van der Waals surface area (Å²) in [5.74, 6) is 0.102. The molecule has 0 atom stereocenters. The molecule has 1 saturated heterocycles. The van der Waals surface area contributed by atoms with Crippen LogP contribution < -0.4 is 15.5 Å². The average Bonchev–Trinajstić information content (AvgIpc) is 2.75. The Hall–Kier alpha value is -3.45. The van der Waals surface area contributed by atoms with Gasteiger partial charge in [-0.2, -0.15) is 0 Å². The first-order valence-corrected chi connectivity index (χ1v) is 9.59. The molecule has 0 bridgehead atoms. The molecule has 7 heteroatoms. The number of hydrogen-bond acceptors (Lipinski definition) is 6. The number of aryl methyl sites for hydroxylation is 1. The first-order valence-electron chi connectivity index (χ1n) is 9.59. The SMILES string of the molecule is Cc1cccc(NC(=O)c2ccnc(Nc3ccccc3N3CCOCC3)n2)c1. The molecule has 2 aromatic carbocycles. The first-order chi connectivity index (χ1) is 14.2. The van der Waals surface area contributed by atoms with Crippen molar-refractivity contribution in [2.24, 2.45) is 0 Å². The summed E-state index contributed by atoms with van der Waals surface area (Å²) < 4.78 is 5.45. The molecule has 1 aromatic heterocycles. The molecule has 2 N–H and O–H groups in total. The minimum atomic E-state index is -0.275. The highest BCUT2D eigenvalue weighted by Gasteiger charge is 2.16. The summed E-state index contributed by atoms with van der Waals surface area (Å²) in [6.07, 6.45) is 1.58. The number of morpholine rings is 1. The van der Waals surface area contributed by atoms with Gasteiger partial charge in [0.05, 0.1) is 24.6 Å². The smallest absolute Gasteiger partial charge is 0.274 e. The average molecular weight is 389 g/mol. The highest BCUT2D eigenvalue weighted by Crippen LogP contribution is 2.28. The topological polar surface area (TPSA) is 79.4 Å². The Morgan fingerprint density at radius 3 is 2.72 bits per heavy atom. The molecule has 4 rings (SSSR count). The molecular formula is C22H23N5O2. The second-order valence-corrected chi connectivity index (χ2v) is 6.83. The van der Waals surface area contributed by atoms with Crippen molar-refractivity contribution < 1.29 is 9.53 Å². The number of nitrogens with one attached hydrogen (secondary N) is 2. The van der Waals surface area contributed by atoms with Gasteiger partial charge in [-0.15, -0.1) is 0 Å². The Bertz CT molecular complexity index is 1000. The van der Waals surface area contributed by atoms with Crippen molar-refractivity contribution in [3.8, 4) is 0 Å². The van der Waals surface area contributed by atoms with Crippen molar-refractivity contribution in [2.75, 3.05) is 41.8 Å². The van der Waals surface area contributed by atoms with Gasteiger partial charge in [0.15, 0.2) is 0 Å². The van der Waals surface area contributed by atoms with Gasteiger partial charge in [-0.3, -0.25) is 4.79 Å². The zero-order valence-corrected chi connectivity index (χ0v) is 16.3. The zero-order chi connectivity index (χ0) is 20.1. The van der Waals surface area contributed by atoms with E-state index in [1.807, 2.05) is 49.4 Å². The Morgan fingerprint density at radius 1 is 1.07 bits per heavy atom. The van der Waals surface area contributed by atoms with Crippen molar-refractivity contribution in [1.29, 1.82) is 0 Å². The lowest BCUT2D eigenvalue weighted by atomic mass is 10.2. The normalized spacial score (nSPS) is 13.8. The highest BCUT2D eigenvalue weighted by atomic mass is 16.5. The van der Waals surface area contributed by atoms with Crippen LogP contribution in [-0.4, -0.2) is 42.2 Å². The molecule has 0 unspecified atom stereocenters. The second-order valence-electron chi connectivity index (χ2n) is 6.83. The maximum absolute atomic E-state index is 12.6. The molecule has 0 saturated carbocycles. The van der Waals surface area contributed by atoms with Crippen LogP contribution in [0.3, 0.4) is 0 Å². The van der Waals surface area contributed by atoms with E-state index in [0.29, 0.717) is 24.9 Å². The van der Waals surface area contributed by atoms with Crippen LogP contribution in [0, 0.1) is 6.92 Å². The van der Waals surface area contributed by atoms with Gasteiger partial charge in [0.1, 0.15) is 5.69 Å². The van der Waals surface area contributed by atoms with Gasteiger partial charge in [-0.25, -0.2) is 9.97 Å². The number of carbonyl (C=O) groups excluding carboxylic acids is 1. The number of rotatable bonds is 5. The van der Waals surface area contributed by atoms with Gasteiger partial charge in [0.25, 0.3) is 5.91 Å². The number of aromatic nitrogens is 2. The molecule has 0 spiro atoms. The van der Waals surface area contributed by atoms with Gasteiger partial charge in [0, 0.05) is 25.0 Å². The summed E-state index contributed by atoms with van der Waals surface area (Å²) in [4.78, 5) is 23.5. The van der Waals surface area contributed by atoms with E-state index in [9.17, 15) is 4.79 Å². The van der Waals surface area contributed by atoms with Crippen LogP contribution in [-0.2, 0) is 4.74 Å². The summed E-state index contributed by atoms with van der Waals surface area (Å²) >= 11 is 0. The van der Waals surface area contributed by atoms with Crippen molar-refractivity contribution in [1.82, 2.24) is 9.97 Å². The van der Waals surface area contributed by atoms with E-state index in [1.165, 1.54) is 0 Å². The van der Waals surface area contributed by atoms with Crippen LogP contribution in [0.4, 0.5) is 23.0 Å². The second kappa shape index (κ2) is 8.70. The number of anilines is 4. The maximum Gasteiger partial charge on any atom is 0.274 e. The quantitative estimate of drug-likeness (QED) is 0.694. The predicted octanol–water partition coefficient (Wildman–Crippen LogP) is 3.62. The minimum absolute atomic E-state index is 0.275. The Balaban J connectivity index is 1.52. The molecular weight excluding hydrogens is 366 g/mol. The predicted molar refractivity (Wildman–Crippen MR) is 114 cm³/mol. The lowest BCUT2D eigenvalue weighted by Crippen LogP contribution is -2.36. The number of hydrogen-bond donors (Lipinski definition) is 2. The van der Waals surface area contributed by atoms with Crippen LogP contribution in [0.2, 0.25) is 0 Å². The van der Waals surface area contributed by atoms with E-state index < -0.39 is 0 Å². The van der Waals surface area contributed by atoms with E-state index in [2.05, 4.69) is 31.6 Å². The maximum atomic E-state index is 12.6. The van der Waals surface area contributed by atoms with Crippen molar-refractivity contribution in [2.45, 2.75) is 6.92 Å². The third-order valence-electron chi connectivity index (χ3n) is 4.67. The summed E-state index contributed by atoms with van der Waals surface area (Å²) in [5.41, 5.74) is 4.07. The van der Waals surface area contributed by atoms with Gasteiger partial charge in [-0.05, 0) is 42.8 Å². The third kappa shape index (κ3) is 4.70. The van der Waals surface area contributed by atoms with Gasteiger partial charge in [-0.1, -0.05) is 24.3 Å². The number of amides is 1. The molecule has 148 valence electrons. The van der Waals surface area contributed by atoms with Gasteiger partial charge >= 0.3 is 0 Å². The highest BCUT2D eigenvalue weighted by molar-refractivity contribution is 6.03. The zero-order valence-electron chi connectivity index (χ0n) is 16.3. The summed E-state index contributed by atoms with van der Waals surface area (Å²) in [6, 6.07) is 17.2. The van der Waals surface area contributed by atoms with E-state index in [0.717, 1.165) is 35.7 Å². The van der Waals surface area contributed by atoms with Gasteiger partial charge < -0.3 is 20.3 Å². The first kappa shape index (κ1) is 18.9. The fourth-order valence-corrected chi connectivity index (χ4v) is 3.24. The number of ether oxygens (including phenoxy) is 1. The van der Waals surface area contributed by atoms with Crippen molar-refractivity contribution in [3.63, 3.8) is 0 Å². The summed E-state index contributed by atoms with van der Waals surface area (Å²) in [7, 11) is 0. The van der Waals surface area contributed by atoms with Crippen LogP contribution in [0.1, 0.15) is 16.1 Å². The lowest BCUT2D eigenvalue weighted by Gasteiger charge is -2.30. The monoisotopic (exact) mass is 389 g/mol. The van der Waals surface area contributed by atoms with Crippen LogP contribution in [0.25, 0.3) is 0 Å². The van der Waals surface area contributed by atoms with Crippen LogP contribution >= 0.6 is 0 Å². The molecule has 0 aliphatic carbocycles. The summed E-state index contributed by atoms with van der Waals surface area (Å²) in [5, 5.41) is 6.13. The van der Waals surface area contributed by atoms with Crippen LogP contribution in [0.5, 0.6) is 0 Å². The molecule has 1 fully saturated rings. The molecule has 3 aromatic rings. The molecule has 7 nitrogen and oxygen atoms in total. The van der Waals surface area contributed by atoms with E-state index in [4.69, 9.17) is 4.74 Å². The minimum Gasteiger partial charge on any atom is -0.378 e. The molecule has 0 radical (unpaired) electrons. The lowest BCUT2D eigenvalue weighted by molar-refractivity contribution is 0.102. The Labute approximate surface area is 169 Å². The van der Waals surface area contributed by atoms with Crippen molar-refractivity contribution >= 4 is 28.9 Å². The molecule has 1 amide bonds. The molecule has 1 aliphatic rings. The van der Waals surface area contributed by atoms with E-state index >= 15 is 0 Å².